The van der Waals surface area contributed by atoms with Gasteiger partial charge in [0.15, 0.2) is 0 Å². The van der Waals surface area contributed by atoms with Crippen LogP contribution >= 0.6 is 23.5 Å². The molecule has 2 heteroatoms. The third-order valence-electron chi connectivity index (χ3n) is 8.56. The molecule has 0 saturated heterocycles. The molecule has 188 valence electrons. The monoisotopic (exact) mass is 536 g/mol. The fraction of sp³-hybridized carbons (Fsp3) is 0.135. The minimum atomic E-state index is -0.316. The summed E-state index contributed by atoms with van der Waals surface area (Å²) in [6.07, 6.45) is 17.4. The molecule has 4 aromatic carbocycles. The van der Waals surface area contributed by atoms with Crippen LogP contribution in [-0.4, -0.2) is 0 Å². The average molecular weight is 537 g/mol. The van der Waals surface area contributed by atoms with Crippen molar-refractivity contribution >= 4 is 23.5 Å². The summed E-state index contributed by atoms with van der Waals surface area (Å²) in [5.74, 6) is 0.414. The summed E-state index contributed by atoms with van der Waals surface area (Å²) >= 11 is 3.94. The largest absolute Gasteiger partial charge is 0.0894 e. The lowest BCUT2D eigenvalue weighted by Crippen LogP contribution is -2.38. The van der Waals surface area contributed by atoms with Crippen molar-refractivity contribution < 1.29 is 0 Å². The van der Waals surface area contributed by atoms with Gasteiger partial charge in [-0.2, -0.15) is 0 Å². The molecule has 2 heterocycles. The van der Waals surface area contributed by atoms with Gasteiger partial charge in [-0.1, -0.05) is 139 Å². The van der Waals surface area contributed by atoms with Gasteiger partial charge in [0.1, 0.15) is 0 Å². The van der Waals surface area contributed by atoms with E-state index in [1.807, 2.05) is 23.5 Å². The summed E-state index contributed by atoms with van der Waals surface area (Å²) < 4.78 is 0. The van der Waals surface area contributed by atoms with Crippen molar-refractivity contribution in [3.05, 3.63) is 160 Å². The third-order valence-corrected chi connectivity index (χ3v) is 11.0. The SMILES string of the molecule is C1=CCC(c2cccc3c2SC2=CCCC=C2C32c3ccccc3Sc3cc(-c4ccccc4)ccc32)C=C1. The number of allylic oxidation sites excluding steroid dienone is 7. The van der Waals surface area contributed by atoms with Gasteiger partial charge in [0.2, 0.25) is 0 Å². The molecular weight excluding hydrogens is 509 g/mol. The van der Waals surface area contributed by atoms with E-state index in [1.165, 1.54) is 58.5 Å². The Balaban J connectivity index is 1.45. The number of benzene rings is 4. The Hall–Kier alpha value is -3.46. The second-order valence-corrected chi connectivity index (χ2v) is 12.8. The van der Waals surface area contributed by atoms with Gasteiger partial charge in [-0.3, -0.25) is 0 Å². The third kappa shape index (κ3) is 3.55. The highest BCUT2D eigenvalue weighted by molar-refractivity contribution is 8.03. The lowest BCUT2D eigenvalue weighted by atomic mass is 9.62. The van der Waals surface area contributed by atoms with Crippen LogP contribution in [-0.2, 0) is 5.41 Å². The van der Waals surface area contributed by atoms with Crippen LogP contribution < -0.4 is 0 Å². The van der Waals surface area contributed by atoms with E-state index in [9.17, 15) is 0 Å². The summed E-state index contributed by atoms with van der Waals surface area (Å²) in [6, 6.07) is 34.2. The lowest BCUT2D eigenvalue weighted by Gasteiger charge is -2.48. The molecule has 2 aliphatic carbocycles. The van der Waals surface area contributed by atoms with E-state index in [0.29, 0.717) is 5.92 Å². The maximum Gasteiger partial charge on any atom is 0.0742 e. The molecule has 0 bridgehead atoms. The maximum absolute atomic E-state index is 2.54. The number of rotatable bonds is 2. The second-order valence-electron chi connectivity index (χ2n) is 10.7. The Morgan fingerprint density at radius 3 is 2.36 bits per heavy atom. The molecule has 1 spiro atoms. The average Bonchev–Trinajstić information content (AvgIpc) is 3.01. The zero-order valence-corrected chi connectivity index (χ0v) is 23.3. The molecular formula is C37H28S2. The first-order valence-electron chi connectivity index (χ1n) is 13.9. The molecule has 39 heavy (non-hydrogen) atoms. The van der Waals surface area contributed by atoms with Crippen molar-refractivity contribution in [2.45, 2.75) is 45.3 Å². The Labute approximate surface area is 239 Å². The topological polar surface area (TPSA) is 0 Å². The fourth-order valence-corrected chi connectivity index (χ4v) is 9.51. The molecule has 4 aromatic rings. The first-order valence-corrected chi connectivity index (χ1v) is 15.5. The standard InChI is InChI=1S/C37H28S2/c1-3-12-25(13-4-1)27-22-23-31-35(24-27)38-33-20-9-7-17-29(33)37(31)30-18-8-10-21-34(30)39-36-28(16-11-19-32(36)37)26-14-5-2-6-15-26/h1-7,9,11-14,16-24,26H,8,10,15H2. The Kier molecular flexibility index (Phi) is 5.60. The zero-order chi connectivity index (χ0) is 25.8. The van der Waals surface area contributed by atoms with Crippen molar-refractivity contribution in [3.8, 4) is 11.1 Å². The van der Waals surface area contributed by atoms with Crippen LogP contribution in [0.2, 0.25) is 0 Å². The molecule has 0 fully saturated rings. The van der Waals surface area contributed by atoms with Gasteiger partial charge in [0.05, 0.1) is 5.41 Å². The predicted octanol–water partition coefficient (Wildman–Crippen LogP) is 10.5. The van der Waals surface area contributed by atoms with Gasteiger partial charge in [0, 0.05) is 25.5 Å². The highest BCUT2D eigenvalue weighted by atomic mass is 32.2. The minimum absolute atomic E-state index is 0.316. The smallest absolute Gasteiger partial charge is 0.0742 e. The molecule has 0 N–H and O–H groups in total. The van der Waals surface area contributed by atoms with Crippen molar-refractivity contribution in [2.75, 3.05) is 0 Å². The Bertz CT molecular complexity index is 1740. The molecule has 0 radical (unpaired) electrons. The summed E-state index contributed by atoms with van der Waals surface area (Å²) in [7, 11) is 0. The molecule has 2 atom stereocenters. The number of thioether (sulfide) groups is 1. The highest BCUT2D eigenvalue weighted by Crippen LogP contribution is 2.64. The summed E-state index contributed by atoms with van der Waals surface area (Å²) in [5, 5.41) is 0. The van der Waals surface area contributed by atoms with Crippen LogP contribution in [0.25, 0.3) is 11.1 Å². The van der Waals surface area contributed by atoms with Crippen molar-refractivity contribution in [3.63, 3.8) is 0 Å². The summed E-state index contributed by atoms with van der Waals surface area (Å²) in [5.41, 5.74) is 9.45. The van der Waals surface area contributed by atoms with Crippen LogP contribution in [0.3, 0.4) is 0 Å². The molecule has 0 aromatic heterocycles. The second kappa shape index (κ2) is 9.33. The molecule has 0 saturated carbocycles. The van der Waals surface area contributed by atoms with Gasteiger partial charge in [0.25, 0.3) is 0 Å². The van der Waals surface area contributed by atoms with Gasteiger partial charge in [-0.15, -0.1) is 0 Å². The van der Waals surface area contributed by atoms with Crippen LogP contribution in [0.4, 0.5) is 0 Å². The first kappa shape index (κ1) is 23.4. The van der Waals surface area contributed by atoms with E-state index in [2.05, 4.69) is 127 Å². The quantitative estimate of drug-likeness (QED) is 0.250. The van der Waals surface area contributed by atoms with E-state index in [1.54, 1.807) is 0 Å². The van der Waals surface area contributed by atoms with Gasteiger partial charge < -0.3 is 0 Å². The van der Waals surface area contributed by atoms with E-state index in [0.717, 1.165) is 19.3 Å². The summed E-state index contributed by atoms with van der Waals surface area (Å²) in [4.78, 5) is 5.62. The van der Waals surface area contributed by atoms with Crippen LogP contribution in [0.1, 0.15) is 47.4 Å². The zero-order valence-electron chi connectivity index (χ0n) is 21.6. The molecule has 8 rings (SSSR count). The van der Waals surface area contributed by atoms with Crippen molar-refractivity contribution in [2.24, 2.45) is 0 Å². The van der Waals surface area contributed by atoms with Crippen molar-refractivity contribution in [1.82, 2.24) is 0 Å². The lowest BCUT2D eigenvalue weighted by molar-refractivity contribution is 0.662. The first-order chi connectivity index (χ1) is 19.3. The van der Waals surface area contributed by atoms with E-state index < -0.39 is 0 Å². The van der Waals surface area contributed by atoms with Gasteiger partial charge in [-0.05, 0) is 70.3 Å². The van der Waals surface area contributed by atoms with E-state index in [-0.39, 0.29) is 5.41 Å². The number of hydrogen-bond donors (Lipinski definition) is 0. The summed E-state index contributed by atoms with van der Waals surface area (Å²) in [6.45, 7) is 0. The van der Waals surface area contributed by atoms with Gasteiger partial charge in [-0.25, -0.2) is 0 Å². The Morgan fingerprint density at radius 1 is 0.641 bits per heavy atom. The van der Waals surface area contributed by atoms with E-state index in [4.69, 9.17) is 0 Å². The number of fused-ring (bicyclic) bond motifs is 8. The molecule has 0 amide bonds. The molecule has 0 nitrogen and oxygen atoms in total. The minimum Gasteiger partial charge on any atom is -0.0894 e. The fourth-order valence-electron chi connectivity index (χ4n) is 6.85. The molecule has 2 aliphatic heterocycles. The Morgan fingerprint density at radius 2 is 1.46 bits per heavy atom. The van der Waals surface area contributed by atoms with Gasteiger partial charge >= 0.3 is 0 Å². The van der Waals surface area contributed by atoms with Crippen LogP contribution in [0, 0.1) is 0 Å². The van der Waals surface area contributed by atoms with Crippen molar-refractivity contribution in [1.29, 1.82) is 0 Å². The number of hydrogen-bond acceptors (Lipinski definition) is 2. The highest BCUT2D eigenvalue weighted by Gasteiger charge is 2.51. The molecule has 4 aliphatic rings. The maximum atomic E-state index is 2.54. The van der Waals surface area contributed by atoms with E-state index >= 15 is 0 Å². The van der Waals surface area contributed by atoms with Crippen LogP contribution in [0.15, 0.2) is 153 Å². The molecule has 2 unspecified atom stereocenters. The normalized spacial score (nSPS) is 22.3. The predicted molar refractivity (Wildman–Crippen MR) is 166 cm³/mol. The van der Waals surface area contributed by atoms with Crippen LogP contribution in [0.5, 0.6) is 0 Å².